The number of benzene rings is 2. The van der Waals surface area contributed by atoms with Crippen LogP contribution in [0.3, 0.4) is 0 Å². The highest BCUT2D eigenvalue weighted by Gasteiger charge is 2.25. The third-order valence-electron chi connectivity index (χ3n) is 4.39. The molecule has 1 N–H and O–H groups in total. The van der Waals surface area contributed by atoms with Crippen LogP contribution in [0.4, 0.5) is 0 Å². The Balaban J connectivity index is 2.11. The van der Waals surface area contributed by atoms with Crippen molar-refractivity contribution in [2.24, 2.45) is 0 Å². The van der Waals surface area contributed by atoms with E-state index in [9.17, 15) is 9.90 Å². The van der Waals surface area contributed by atoms with Crippen molar-refractivity contribution < 1.29 is 14.6 Å². The van der Waals surface area contributed by atoms with Crippen molar-refractivity contribution in [2.45, 2.75) is 6.92 Å². The quantitative estimate of drug-likeness (QED) is 0.456. The van der Waals surface area contributed by atoms with Gasteiger partial charge in [0.2, 0.25) is 5.88 Å². The number of aromatic carboxylic acids is 1. The average molecular weight is 428 g/mol. The molecule has 6 nitrogen and oxygen atoms in total. The van der Waals surface area contributed by atoms with E-state index in [-0.39, 0.29) is 23.7 Å². The van der Waals surface area contributed by atoms with Gasteiger partial charge in [-0.05, 0) is 25.1 Å². The summed E-state index contributed by atoms with van der Waals surface area (Å²) >= 11 is 12.5. The van der Waals surface area contributed by atoms with E-state index in [2.05, 4.69) is 10.1 Å². The van der Waals surface area contributed by atoms with Crippen LogP contribution in [0.15, 0.2) is 54.7 Å². The van der Waals surface area contributed by atoms with E-state index < -0.39 is 5.97 Å². The second-order valence-electron chi connectivity index (χ2n) is 6.16. The van der Waals surface area contributed by atoms with Crippen LogP contribution in [0.25, 0.3) is 28.0 Å². The molecule has 4 aromatic rings. The van der Waals surface area contributed by atoms with E-state index in [1.54, 1.807) is 31.3 Å². The first-order valence-electron chi connectivity index (χ1n) is 8.80. The molecule has 8 heteroatoms. The zero-order valence-corrected chi connectivity index (χ0v) is 16.8. The predicted octanol–water partition coefficient (Wildman–Crippen LogP) is 5.47. The maximum Gasteiger partial charge on any atom is 0.345 e. The molecule has 0 fully saturated rings. The molecule has 0 saturated heterocycles. The number of ether oxygens (including phenoxy) is 1. The molecule has 0 amide bonds. The first-order chi connectivity index (χ1) is 14.0. The molecule has 0 radical (unpaired) electrons. The van der Waals surface area contributed by atoms with Gasteiger partial charge in [0.15, 0.2) is 11.2 Å². The smallest absolute Gasteiger partial charge is 0.345 e. The fraction of sp³-hybridized carbons (Fsp3) is 0.0952. The lowest BCUT2D eigenvalue weighted by Gasteiger charge is -2.13. The number of hydrogen-bond donors (Lipinski definition) is 1. The van der Waals surface area contributed by atoms with Gasteiger partial charge in [-0.1, -0.05) is 53.5 Å². The summed E-state index contributed by atoms with van der Waals surface area (Å²) in [5.74, 6) is -1.15. The number of carbonyl (C=O) groups is 1. The number of fused-ring (bicyclic) bond motifs is 1. The highest BCUT2D eigenvalue weighted by molar-refractivity contribution is 6.33. The Morgan fingerprint density at radius 3 is 2.48 bits per heavy atom. The Labute approximate surface area is 176 Å². The molecule has 0 aliphatic rings. The van der Waals surface area contributed by atoms with E-state index in [1.165, 1.54) is 4.52 Å². The molecule has 0 spiro atoms. The number of aromatic nitrogens is 3. The second kappa shape index (κ2) is 7.73. The van der Waals surface area contributed by atoms with Gasteiger partial charge in [-0.25, -0.2) is 14.3 Å². The molecule has 29 heavy (non-hydrogen) atoms. The number of rotatable bonds is 5. The molecular formula is C21H15Cl2N3O3. The highest BCUT2D eigenvalue weighted by Crippen LogP contribution is 2.37. The molecular weight excluding hydrogens is 413 g/mol. The summed E-state index contributed by atoms with van der Waals surface area (Å²) in [5, 5.41) is 15.2. The normalized spacial score (nSPS) is 11.0. The third kappa shape index (κ3) is 3.41. The minimum Gasteiger partial charge on any atom is -0.477 e. The Morgan fingerprint density at radius 1 is 1.10 bits per heavy atom. The average Bonchev–Trinajstić information content (AvgIpc) is 3.07. The molecule has 0 bridgehead atoms. The zero-order chi connectivity index (χ0) is 20.5. The Hall–Kier alpha value is -3.09. The Bertz CT molecular complexity index is 1220. The van der Waals surface area contributed by atoms with Crippen molar-refractivity contribution in [1.82, 2.24) is 14.6 Å². The standard InChI is InChI=1S/C21H15Cl2N3O3/c1-2-29-20-17(21(27)28)19-24-11-15(14-5-3-4-6-16(14)23)18(26(19)25-20)12-7-9-13(22)10-8-12/h3-11H,2H2,1H3,(H,27,28). The van der Waals surface area contributed by atoms with Crippen molar-refractivity contribution >= 4 is 34.8 Å². The summed E-state index contributed by atoms with van der Waals surface area (Å²) in [5.41, 5.74) is 2.95. The maximum atomic E-state index is 11.9. The summed E-state index contributed by atoms with van der Waals surface area (Å²) in [6.07, 6.45) is 1.60. The van der Waals surface area contributed by atoms with Crippen LogP contribution in [-0.2, 0) is 0 Å². The minimum absolute atomic E-state index is 0.0130. The maximum absolute atomic E-state index is 11.9. The van der Waals surface area contributed by atoms with Crippen LogP contribution in [-0.4, -0.2) is 32.3 Å². The lowest BCUT2D eigenvalue weighted by Crippen LogP contribution is -2.03. The first kappa shape index (κ1) is 19.2. The van der Waals surface area contributed by atoms with Crippen LogP contribution in [0.5, 0.6) is 5.88 Å². The van der Waals surface area contributed by atoms with Gasteiger partial charge in [-0.3, -0.25) is 0 Å². The van der Waals surface area contributed by atoms with Gasteiger partial charge in [0.25, 0.3) is 0 Å². The summed E-state index contributed by atoms with van der Waals surface area (Å²) in [6.45, 7) is 2.04. The van der Waals surface area contributed by atoms with E-state index in [4.69, 9.17) is 27.9 Å². The zero-order valence-electron chi connectivity index (χ0n) is 15.3. The van der Waals surface area contributed by atoms with Crippen LogP contribution < -0.4 is 4.74 Å². The van der Waals surface area contributed by atoms with E-state index in [0.29, 0.717) is 21.3 Å². The number of hydrogen-bond acceptors (Lipinski definition) is 4. The lowest BCUT2D eigenvalue weighted by molar-refractivity contribution is 0.0694. The largest absolute Gasteiger partial charge is 0.477 e. The molecule has 2 aromatic carbocycles. The predicted molar refractivity (Wildman–Crippen MR) is 112 cm³/mol. The van der Waals surface area contributed by atoms with Crippen molar-refractivity contribution in [2.75, 3.05) is 6.61 Å². The molecule has 0 unspecified atom stereocenters. The van der Waals surface area contributed by atoms with Gasteiger partial charge in [-0.2, -0.15) is 0 Å². The first-order valence-corrected chi connectivity index (χ1v) is 9.55. The van der Waals surface area contributed by atoms with Gasteiger partial charge >= 0.3 is 5.97 Å². The molecule has 0 aliphatic carbocycles. The van der Waals surface area contributed by atoms with Crippen LogP contribution in [0.2, 0.25) is 10.0 Å². The van der Waals surface area contributed by atoms with Crippen molar-refractivity contribution in [3.63, 3.8) is 0 Å². The summed E-state index contributed by atoms with van der Waals surface area (Å²) in [7, 11) is 0. The molecule has 0 atom stereocenters. The molecule has 2 aromatic heterocycles. The topological polar surface area (TPSA) is 76.7 Å². The molecule has 4 rings (SSSR count). The fourth-order valence-corrected chi connectivity index (χ4v) is 3.52. The van der Waals surface area contributed by atoms with Crippen molar-refractivity contribution in [3.8, 4) is 28.3 Å². The highest BCUT2D eigenvalue weighted by atomic mass is 35.5. The van der Waals surface area contributed by atoms with E-state index in [0.717, 1.165) is 11.1 Å². The van der Waals surface area contributed by atoms with Crippen LogP contribution in [0.1, 0.15) is 17.3 Å². The molecule has 146 valence electrons. The fourth-order valence-electron chi connectivity index (χ4n) is 3.15. The molecule has 0 saturated carbocycles. The van der Waals surface area contributed by atoms with Gasteiger partial charge in [0.05, 0.1) is 12.3 Å². The monoisotopic (exact) mass is 427 g/mol. The Kier molecular flexibility index (Phi) is 5.13. The third-order valence-corrected chi connectivity index (χ3v) is 4.97. The molecule has 0 aliphatic heterocycles. The second-order valence-corrected chi connectivity index (χ2v) is 7.00. The summed E-state index contributed by atoms with van der Waals surface area (Å²) in [4.78, 5) is 16.2. The van der Waals surface area contributed by atoms with Gasteiger partial charge < -0.3 is 9.84 Å². The van der Waals surface area contributed by atoms with Crippen molar-refractivity contribution in [1.29, 1.82) is 0 Å². The van der Waals surface area contributed by atoms with Gasteiger partial charge in [0.1, 0.15) is 0 Å². The van der Waals surface area contributed by atoms with Crippen LogP contribution in [0, 0.1) is 0 Å². The summed E-state index contributed by atoms with van der Waals surface area (Å²) in [6, 6.07) is 14.5. The summed E-state index contributed by atoms with van der Waals surface area (Å²) < 4.78 is 6.95. The Morgan fingerprint density at radius 2 is 1.83 bits per heavy atom. The number of carboxylic acid groups (broad SMARTS) is 1. The molecule has 2 heterocycles. The number of nitrogens with zero attached hydrogens (tertiary/aromatic N) is 3. The van der Waals surface area contributed by atoms with E-state index in [1.807, 2.05) is 30.3 Å². The van der Waals surface area contributed by atoms with Gasteiger partial charge in [-0.15, -0.1) is 5.10 Å². The van der Waals surface area contributed by atoms with Gasteiger partial charge in [0, 0.05) is 32.9 Å². The lowest BCUT2D eigenvalue weighted by atomic mass is 10.0. The van der Waals surface area contributed by atoms with Crippen molar-refractivity contribution in [3.05, 3.63) is 70.3 Å². The number of carboxylic acids is 1. The van der Waals surface area contributed by atoms with E-state index >= 15 is 0 Å². The number of halogens is 2. The SMILES string of the molecule is CCOc1nn2c(-c3ccc(Cl)cc3)c(-c3ccccc3Cl)cnc2c1C(=O)O. The minimum atomic E-state index is -1.16. The van der Waals surface area contributed by atoms with Crippen LogP contribution >= 0.6 is 23.2 Å².